The molecule has 1 aliphatic rings. The molecule has 4 nitrogen and oxygen atoms in total. The zero-order valence-electron chi connectivity index (χ0n) is 12.8. The van der Waals surface area contributed by atoms with Gasteiger partial charge in [0.1, 0.15) is 5.82 Å². The SMILES string of the molecule is CCC1CCC(CNC(=O)c2cc(NC)ncc2Cl)CC1. The highest BCUT2D eigenvalue weighted by Crippen LogP contribution is 2.30. The Labute approximate surface area is 131 Å². The van der Waals surface area contributed by atoms with Gasteiger partial charge in [-0.2, -0.15) is 0 Å². The quantitative estimate of drug-likeness (QED) is 0.871. The first-order valence-corrected chi connectivity index (χ1v) is 8.13. The van der Waals surface area contributed by atoms with Crippen LogP contribution in [0.15, 0.2) is 12.3 Å². The Morgan fingerprint density at radius 2 is 2.00 bits per heavy atom. The fourth-order valence-electron chi connectivity index (χ4n) is 2.93. The van der Waals surface area contributed by atoms with Crippen molar-refractivity contribution in [3.63, 3.8) is 0 Å². The predicted octanol–water partition coefficient (Wildman–Crippen LogP) is 3.72. The Morgan fingerprint density at radius 3 is 2.62 bits per heavy atom. The van der Waals surface area contributed by atoms with E-state index in [4.69, 9.17) is 11.6 Å². The number of pyridine rings is 1. The van der Waals surface area contributed by atoms with Gasteiger partial charge in [0.25, 0.3) is 5.91 Å². The molecule has 1 aliphatic carbocycles. The maximum atomic E-state index is 12.2. The highest BCUT2D eigenvalue weighted by Gasteiger charge is 2.21. The van der Waals surface area contributed by atoms with E-state index in [1.54, 1.807) is 13.1 Å². The first-order valence-electron chi connectivity index (χ1n) is 7.75. The number of amides is 1. The van der Waals surface area contributed by atoms with Gasteiger partial charge >= 0.3 is 0 Å². The van der Waals surface area contributed by atoms with Crippen molar-refractivity contribution in [1.29, 1.82) is 0 Å². The predicted molar refractivity (Wildman–Crippen MR) is 86.9 cm³/mol. The molecule has 1 aromatic rings. The van der Waals surface area contributed by atoms with Gasteiger partial charge in [-0.3, -0.25) is 4.79 Å². The molecule has 0 spiro atoms. The van der Waals surface area contributed by atoms with Gasteiger partial charge < -0.3 is 10.6 Å². The molecule has 5 heteroatoms. The van der Waals surface area contributed by atoms with Gasteiger partial charge in [-0.1, -0.05) is 37.8 Å². The molecule has 2 rings (SSSR count). The van der Waals surface area contributed by atoms with Gasteiger partial charge in [0.15, 0.2) is 0 Å². The number of nitrogens with one attached hydrogen (secondary N) is 2. The Bertz CT molecular complexity index is 484. The number of aromatic nitrogens is 1. The first-order chi connectivity index (χ1) is 10.1. The Balaban J connectivity index is 1.87. The van der Waals surface area contributed by atoms with Gasteiger partial charge in [0.2, 0.25) is 0 Å². The molecule has 1 saturated carbocycles. The summed E-state index contributed by atoms with van der Waals surface area (Å²) in [7, 11) is 1.77. The zero-order chi connectivity index (χ0) is 15.2. The van der Waals surface area contributed by atoms with Crippen molar-refractivity contribution < 1.29 is 4.79 Å². The van der Waals surface area contributed by atoms with Crippen LogP contribution in [0.5, 0.6) is 0 Å². The minimum Gasteiger partial charge on any atom is -0.373 e. The number of carbonyl (C=O) groups excluding carboxylic acids is 1. The van der Waals surface area contributed by atoms with Crippen molar-refractivity contribution in [2.75, 3.05) is 18.9 Å². The third-order valence-electron chi connectivity index (χ3n) is 4.45. The molecule has 1 amide bonds. The normalized spacial score (nSPS) is 21.9. The topological polar surface area (TPSA) is 54.0 Å². The number of nitrogens with zero attached hydrogens (tertiary/aromatic N) is 1. The molecule has 1 heterocycles. The third kappa shape index (κ3) is 4.34. The van der Waals surface area contributed by atoms with Crippen molar-refractivity contribution in [2.24, 2.45) is 11.8 Å². The van der Waals surface area contributed by atoms with Crippen LogP contribution in [-0.4, -0.2) is 24.5 Å². The molecule has 0 radical (unpaired) electrons. The number of anilines is 1. The van der Waals surface area contributed by atoms with Crippen LogP contribution in [0.2, 0.25) is 5.02 Å². The van der Waals surface area contributed by atoms with E-state index in [9.17, 15) is 4.79 Å². The Kier molecular flexibility index (Phi) is 5.85. The van der Waals surface area contributed by atoms with E-state index in [1.165, 1.54) is 38.3 Å². The summed E-state index contributed by atoms with van der Waals surface area (Å²) in [5.74, 6) is 2.01. The van der Waals surface area contributed by atoms with Crippen molar-refractivity contribution in [1.82, 2.24) is 10.3 Å². The average Bonchev–Trinajstić information content (AvgIpc) is 2.53. The molecule has 0 bridgehead atoms. The smallest absolute Gasteiger partial charge is 0.252 e. The molecule has 0 saturated heterocycles. The highest BCUT2D eigenvalue weighted by atomic mass is 35.5. The lowest BCUT2D eigenvalue weighted by Gasteiger charge is -2.27. The third-order valence-corrected chi connectivity index (χ3v) is 4.75. The molecule has 0 atom stereocenters. The van der Waals surface area contributed by atoms with Crippen molar-refractivity contribution >= 4 is 23.3 Å². The summed E-state index contributed by atoms with van der Waals surface area (Å²) < 4.78 is 0. The van der Waals surface area contributed by atoms with E-state index in [0.717, 1.165) is 12.5 Å². The van der Waals surface area contributed by atoms with E-state index >= 15 is 0 Å². The summed E-state index contributed by atoms with van der Waals surface area (Å²) >= 11 is 6.06. The van der Waals surface area contributed by atoms with Gasteiger partial charge in [0.05, 0.1) is 10.6 Å². The van der Waals surface area contributed by atoms with Crippen LogP contribution in [0, 0.1) is 11.8 Å². The van der Waals surface area contributed by atoms with Crippen molar-refractivity contribution in [3.8, 4) is 0 Å². The molecule has 0 aliphatic heterocycles. The second kappa shape index (κ2) is 7.64. The Morgan fingerprint density at radius 1 is 1.33 bits per heavy atom. The first kappa shape index (κ1) is 16.1. The van der Waals surface area contributed by atoms with Crippen molar-refractivity contribution in [3.05, 3.63) is 22.8 Å². The monoisotopic (exact) mass is 309 g/mol. The molecule has 2 N–H and O–H groups in total. The van der Waals surface area contributed by atoms with E-state index in [1.807, 2.05) is 0 Å². The lowest BCUT2D eigenvalue weighted by Crippen LogP contribution is -2.31. The minimum atomic E-state index is -0.114. The number of hydrogen-bond donors (Lipinski definition) is 2. The maximum absolute atomic E-state index is 12.2. The zero-order valence-corrected chi connectivity index (χ0v) is 13.5. The van der Waals surface area contributed by atoms with Crippen LogP contribution in [-0.2, 0) is 0 Å². The number of rotatable bonds is 5. The van der Waals surface area contributed by atoms with Crippen LogP contribution >= 0.6 is 11.6 Å². The minimum absolute atomic E-state index is 0.114. The molecule has 1 aromatic heterocycles. The van der Waals surface area contributed by atoms with Crippen LogP contribution < -0.4 is 10.6 Å². The van der Waals surface area contributed by atoms with Gasteiger partial charge in [-0.25, -0.2) is 4.98 Å². The van der Waals surface area contributed by atoms with Crippen LogP contribution in [0.4, 0.5) is 5.82 Å². The van der Waals surface area contributed by atoms with Crippen LogP contribution in [0.1, 0.15) is 49.4 Å². The molecule has 1 fully saturated rings. The number of hydrogen-bond acceptors (Lipinski definition) is 3. The van der Waals surface area contributed by atoms with E-state index in [0.29, 0.717) is 22.3 Å². The maximum Gasteiger partial charge on any atom is 0.252 e. The van der Waals surface area contributed by atoms with E-state index < -0.39 is 0 Å². The second-order valence-corrected chi connectivity index (χ2v) is 6.21. The Hall–Kier alpha value is -1.29. The molecule has 0 unspecified atom stereocenters. The summed E-state index contributed by atoms with van der Waals surface area (Å²) in [6.45, 7) is 3.00. The summed E-state index contributed by atoms with van der Waals surface area (Å²) in [4.78, 5) is 16.3. The summed E-state index contributed by atoms with van der Waals surface area (Å²) in [6.07, 6.45) is 7.79. The molecular weight excluding hydrogens is 286 g/mol. The van der Waals surface area contributed by atoms with Crippen molar-refractivity contribution in [2.45, 2.75) is 39.0 Å². The summed E-state index contributed by atoms with van der Waals surface area (Å²) in [5, 5.41) is 6.32. The fraction of sp³-hybridized carbons (Fsp3) is 0.625. The van der Waals surface area contributed by atoms with Gasteiger partial charge in [-0.15, -0.1) is 0 Å². The summed E-state index contributed by atoms with van der Waals surface area (Å²) in [6, 6.07) is 1.69. The van der Waals surface area contributed by atoms with Gasteiger partial charge in [-0.05, 0) is 30.7 Å². The van der Waals surface area contributed by atoms with E-state index in [2.05, 4.69) is 22.5 Å². The fourth-order valence-corrected chi connectivity index (χ4v) is 3.11. The van der Waals surface area contributed by atoms with Crippen LogP contribution in [0.3, 0.4) is 0 Å². The second-order valence-electron chi connectivity index (χ2n) is 5.80. The molecule has 21 heavy (non-hydrogen) atoms. The number of carbonyl (C=O) groups is 1. The lowest BCUT2D eigenvalue weighted by molar-refractivity contribution is 0.0941. The van der Waals surface area contributed by atoms with Gasteiger partial charge in [0, 0.05) is 19.8 Å². The number of halogens is 1. The van der Waals surface area contributed by atoms with E-state index in [-0.39, 0.29) is 5.91 Å². The molecular formula is C16H24ClN3O. The average molecular weight is 310 g/mol. The lowest BCUT2D eigenvalue weighted by atomic mass is 9.81. The molecule has 116 valence electrons. The standard InChI is InChI=1S/C16H24ClN3O/c1-3-11-4-6-12(7-5-11)9-20-16(21)13-8-15(18-2)19-10-14(13)17/h8,10-12H,3-7,9H2,1-2H3,(H,18,19)(H,20,21). The summed E-state index contributed by atoms with van der Waals surface area (Å²) in [5.41, 5.74) is 0.485. The van der Waals surface area contributed by atoms with Crippen LogP contribution in [0.25, 0.3) is 0 Å². The molecule has 0 aromatic carbocycles. The highest BCUT2D eigenvalue weighted by molar-refractivity contribution is 6.33. The largest absolute Gasteiger partial charge is 0.373 e.